The van der Waals surface area contributed by atoms with Gasteiger partial charge in [0.15, 0.2) is 0 Å². The van der Waals surface area contributed by atoms with Gasteiger partial charge in [-0.05, 0) is 25.9 Å². The molecule has 0 heterocycles. The van der Waals surface area contributed by atoms with Gasteiger partial charge in [0.2, 0.25) is 0 Å². The smallest absolute Gasteiger partial charge is 0.00922 e. The van der Waals surface area contributed by atoms with Crippen LogP contribution in [0, 0.1) is 0 Å². The summed E-state index contributed by atoms with van der Waals surface area (Å²) < 4.78 is 0. The van der Waals surface area contributed by atoms with Crippen LogP contribution in [0.1, 0.15) is 47.0 Å². The van der Waals surface area contributed by atoms with Crippen molar-refractivity contribution in [2.24, 2.45) is 0 Å². The molecule has 0 saturated carbocycles. The van der Waals surface area contributed by atoms with Crippen LogP contribution >= 0.6 is 0 Å². The zero-order chi connectivity index (χ0) is 8.69. The molecule has 0 amide bonds. The Morgan fingerprint density at radius 3 is 1.82 bits per heavy atom. The lowest BCUT2D eigenvalue weighted by molar-refractivity contribution is 0.199. The van der Waals surface area contributed by atoms with E-state index in [-0.39, 0.29) is 0 Å². The van der Waals surface area contributed by atoms with Gasteiger partial charge in [0.05, 0.1) is 0 Å². The van der Waals surface area contributed by atoms with Gasteiger partial charge >= 0.3 is 0 Å². The Morgan fingerprint density at radius 2 is 1.55 bits per heavy atom. The molecule has 68 valence electrons. The Hall–Kier alpha value is -0.0400. The van der Waals surface area contributed by atoms with Gasteiger partial charge in [-0.25, -0.2) is 0 Å². The van der Waals surface area contributed by atoms with E-state index in [1.165, 1.54) is 32.4 Å². The maximum absolute atomic E-state index is 2.56. The van der Waals surface area contributed by atoms with Crippen molar-refractivity contribution in [3.63, 3.8) is 0 Å². The van der Waals surface area contributed by atoms with E-state index in [2.05, 4.69) is 32.6 Å². The second-order valence-corrected chi connectivity index (χ2v) is 3.07. The maximum atomic E-state index is 2.56. The fourth-order valence-electron chi connectivity index (χ4n) is 1.72. The van der Waals surface area contributed by atoms with E-state index < -0.39 is 0 Å². The lowest BCUT2D eigenvalue weighted by Crippen LogP contribution is -2.34. The van der Waals surface area contributed by atoms with Crippen molar-refractivity contribution in [3.8, 4) is 0 Å². The summed E-state index contributed by atoms with van der Waals surface area (Å²) in [7, 11) is 0. The SMILES string of the molecule is CCCC(CC)N(CC)CC. The molecular formula is C10H23N. The zero-order valence-corrected chi connectivity index (χ0v) is 8.56. The molecule has 0 fully saturated rings. The summed E-state index contributed by atoms with van der Waals surface area (Å²) in [6, 6.07) is 0.829. The Balaban J connectivity index is 3.76. The first-order valence-electron chi connectivity index (χ1n) is 5.04. The Kier molecular flexibility index (Phi) is 6.63. The predicted molar refractivity (Wildman–Crippen MR) is 51.9 cm³/mol. The molecule has 0 bridgehead atoms. The molecule has 0 N–H and O–H groups in total. The quantitative estimate of drug-likeness (QED) is 0.573. The summed E-state index contributed by atoms with van der Waals surface area (Å²) in [5.74, 6) is 0. The minimum Gasteiger partial charge on any atom is -0.301 e. The summed E-state index contributed by atoms with van der Waals surface area (Å²) >= 11 is 0. The highest BCUT2D eigenvalue weighted by Crippen LogP contribution is 2.09. The first kappa shape index (κ1) is 11.0. The molecule has 11 heavy (non-hydrogen) atoms. The molecule has 0 aromatic carbocycles. The first-order chi connectivity index (χ1) is 5.29. The molecule has 1 heteroatoms. The van der Waals surface area contributed by atoms with Crippen LogP contribution in [-0.2, 0) is 0 Å². The zero-order valence-electron chi connectivity index (χ0n) is 8.56. The van der Waals surface area contributed by atoms with E-state index in [9.17, 15) is 0 Å². The summed E-state index contributed by atoms with van der Waals surface area (Å²) in [5, 5.41) is 0. The molecule has 1 unspecified atom stereocenters. The number of nitrogens with zero attached hydrogens (tertiary/aromatic N) is 1. The fraction of sp³-hybridized carbons (Fsp3) is 1.00. The third kappa shape index (κ3) is 3.76. The van der Waals surface area contributed by atoms with E-state index in [1.807, 2.05) is 0 Å². The highest BCUT2D eigenvalue weighted by atomic mass is 15.1. The summed E-state index contributed by atoms with van der Waals surface area (Å²) in [6.45, 7) is 11.5. The molecule has 0 aliphatic carbocycles. The number of rotatable bonds is 6. The fourth-order valence-corrected chi connectivity index (χ4v) is 1.72. The van der Waals surface area contributed by atoms with Crippen LogP contribution < -0.4 is 0 Å². The largest absolute Gasteiger partial charge is 0.301 e. The molecule has 0 aliphatic heterocycles. The van der Waals surface area contributed by atoms with Crippen LogP contribution in [0.4, 0.5) is 0 Å². The van der Waals surface area contributed by atoms with Gasteiger partial charge in [-0.15, -0.1) is 0 Å². The summed E-state index contributed by atoms with van der Waals surface area (Å²) in [6.07, 6.45) is 3.97. The average molecular weight is 157 g/mol. The van der Waals surface area contributed by atoms with Gasteiger partial charge in [-0.2, -0.15) is 0 Å². The lowest BCUT2D eigenvalue weighted by Gasteiger charge is -2.28. The normalized spacial score (nSPS) is 13.9. The second-order valence-electron chi connectivity index (χ2n) is 3.07. The van der Waals surface area contributed by atoms with Crippen molar-refractivity contribution in [2.45, 2.75) is 53.0 Å². The highest BCUT2D eigenvalue weighted by molar-refractivity contribution is 4.66. The molecule has 0 spiro atoms. The Labute approximate surface area is 71.8 Å². The van der Waals surface area contributed by atoms with Crippen molar-refractivity contribution in [2.75, 3.05) is 13.1 Å². The Morgan fingerprint density at radius 1 is 1.00 bits per heavy atom. The predicted octanol–water partition coefficient (Wildman–Crippen LogP) is 2.91. The van der Waals surface area contributed by atoms with E-state index in [0.717, 1.165) is 6.04 Å². The maximum Gasteiger partial charge on any atom is 0.00922 e. The standard InChI is InChI=1S/C10H23N/c1-5-9-10(6-2)11(7-3)8-4/h10H,5-9H2,1-4H3. The van der Waals surface area contributed by atoms with Crippen molar-refractivity contribution >= 4 is 0 Å². The molecule has 0 radical (unpaired) electrons. The molecule has 0 rings (SSSR count). The molecular weight excluding hydrogens is 134 g/mol. The van der Waals surface area contributed by atoms with Gasteiger partial charge in [-0.3, -0.25) is 0 Å². The second kappa shape index (κ2) is 6.66. The number of hydrogen-bond donors (Lipinski definition) is 0. The van der Waals surface area contributed by atoms with Crippen LogP contribution in [0.2, 0.25) is 0 Å². The van der Waals surface area contributed by atoms with Gasteiger partial charge in [0.25, 0.3) is 0 Å². The monoisotopic (exact) mass is 157 g/mol. The molecule has 0 aliphatic rings. The summed E-state index contributed by atoms with van der Waals surface area (Å²) in [5.41, 5.74) is 0. The van der Waals surface area contributed by atoms with Crippen LogP contribution in [0.3, 0.4) is 0 Å². The molecule has 0 aromatic rings. The summed E-state index contributed by atoms with van der Waals surface area (Å²) in [4.78, 5) is 2.56. The van der Waals surface area contributed by atoms with Crippen molar-refractivity contribution in [1.82, 2.24) is 4.90 Å². The van der Waals surface area contributed by atoms with Crippen LogP contribution in [0.15, 0.2) is 0 Å². The minimum absolute atomic E-state index is 0.829. The molecule has 0 saturated heterocycles. The Bertz CT molecular complexity index is 76.9. The van der Waals surface area contributed by atoms with E-state index in [1.54, 1.807) is 0 Å². The van der Waals surface area contributed by atoms with E-state index in [0.29, 0.717) is 0 Å². The first-order valence-corrected chi connectivity index (χ1v) is 5.04. The molecule has 1 nitrogen and oxygen atoms in total. The molecule has 1 atom stereocenters. The van der Waals surface area contributed by atoms with Gasteiger partial charge in [-0.1, -0.05) is 34.1 Å². The van der Waals surface area contributed by atoms with Gasteiger partial charge in [0, 0.05) is 6.04 Å². The van der Waals surface area contributed by atoms with E-state index >= 15 is 0 Å². The lowest BCUT2D eigenvalue weighted by atomic mass is 10.1. The highest BCUT2D eigenvalue weighted by Gasteiger charge is 2.10. The van der Waals surface area contributed by atoms with Crippen LogP contribution in [0.25, 0.3) is 0 Å². The third-order valence-electron chi connectivity index (χ3n) is 2.42. The van der Waals surface area contributed by atoms with E-state index in [4.69, 9.17) is 0 Å². The van der Waals surface area contributed by atoms with Crippen molar-refractivity contribution < 1.29 is 0 Å². The minimum atomic E-state index is 0.829. The average Bonchev–Trinajstić information content (AvgIpc) is 2.05. The van der Waals surface area contributed by atoms with Crippen LogP contribution in [-0.4, -0.2) is 24.0 Å². The van der Waals surface area contributed by atoms with Crippen molar-refractivity contribution in [3.05, 3.63) is 0 Å². The molecule has 0 aromatic heterocycles. The van der Waals surface area contributed by atoms with Crippen LogP contribution in [0.5, 0.6) is 0 Å². The third-order valence-corrected chi connectivity index (χ3v) is 2.42. The topological polar surface area (TPSA) is 3.24 Å². The van der Waals surface area contributed by atoms with Crippen molar-refractivity contribution in [1.29, 1.82) is 0 Å². The van der Waals surface area contributed by atoms with Gasteiger partial charge < -0.3 is 4.90 Å². The number of hydrogen-bond acceptors (Lipinski definition) is 1. The van der Waals surface area contributed by atoms with Gasteiger partial charge in [0.1, 0.15) is 0 Å².